The van der Waals surface area contributed by atoms with Gasteiger partial charge in [-0.3, -0.25) is 9.59 Å². The Morgan fingerprint density at radius 1 is 0.810 bits per heavy atom. The van der Waals surface area contributed by atoms with Crippen molar-refractivity contribution in [1.82, 2.24) is 5.32 Å². The number of rotatable bonds is 12. The third kappa shape index (κ3) is 12.6. The number of amides is 1. The van der Waals surface area contributed by atoms with E-state index in [-0.39, 0.29) is 11.3 Å². The summed E-state index contributed by atoms with van der Waals surface area (Å²) >= 11 is 0. The molecule has 21 heavy (non-hydrogen) atoms. The SMILES string of the molecule is CCCCCCC(=O)CCCCCCNC(=O)C(C)(C)C. The zero-order valence-electron chi connectivity index (χ0n) is 14.6. The van der Waals surface area contributed by atoms with Crippen LogP contribution in [0.15, 0.2) is 0 Å². The van der Waals surface area contributed by atoms with Gasteiger partial charge >= 0.3 is 0 Å². The lowest BCUT2D eigenvalue weighted by Gasteiger charge is -2.17. The minimum atomic E-state index is -0.301. The molecule has 0 unspecified atom stereocenters. The Labute approximate surface area is 131 Å². The zero-order chi connectivity index (χ0) is 16.1. The Morgan fingerprint density at radius 2 is 1.33 bits per heavy atom. The first kappa shape index (κ1) is 20.1. The molecular weight excluding hydrogens is 262 g/mol. The molecule has 3 heteroatoms. The first-order valence-electron chi connectivity index (χ1n) is 8.68. The molecule has 0 rings (SSSR count). The van der Waals surface area contributed by atoms with E-state index in [9.17, 15) is 9.59 Å². The standard InChI is InChI=1S/C18H35NO2/c1-5-6-7-10-13-16(20)14-11-8-9-12-15-19-17(21)18(2,3)4/h5-15H2,1-4H3,(H,19,21). The molecule has 3 nitrogen and oxygen atoms in total. The fourth-order valence-electron chi connectivity index (χ4n) is 2.14. The van der Waals surface area contributed by atoms with Crippen LogP contribution >= 0.6 is 0 Å². The van der Waals surface area contributed by atoms with Crippen molar-refractivity contribution in [3.63, 3.8) is 0 Å². The Morgan fingerprint density at radius 3 is 1.86 bits per heavy atom. The summed E-state index contributed by atoms with van der Waals surface area (Å²) in [6.07, 6.45) is 10.4. The number of Topliss-reactive ketones (excluding diaryl/α,β-unsaturated/α-hetero) is 1. The van der Waals surface area contributed by atoms with Gasteiger partial charge in [0.1, 0.15) is 5.78 Å². The molecule has 0 radical (unpaired) electrons. The van der Waals surface area contributed by atoms with Crippen molar-refractivity contribution < 1.29 is 9.59 Å². The number of nitrogens with one attached hydrogen (secondary N) is 1. The summed E-state index contributed by atoms with van der Waals surface area (Å²) in [6, 6.07) is 0. The topological polar surface area (TPSA) is 46.2 Å². The molecule has 1 N–H and O–H groups in total. The van der Waals surface area contributed by atoms with E-state index in [1.807, 2.05) is 20.8 Å². The third-order valence-electron chi connectivity index (χ3n) is 3.66. The van der Waals surface area contributed by atoms with E-state index in [0.717, 1.165) is 51.5 Å². The Hall–Kier alpha value is -0.860. The lowest BCUT2D eigenvalue weighted by Crippen LogP contribution is -2.35. The minimum Gasteiger partial charge on any atom is -0.356 e. The first-order chi connectivity index (χ1) is 9.88. The van der Waals surface area contributed by atoms with Gasteiger partial charge in [-0.05, 0) is 19.3 Å². The van der Waals surface area contributed by atoms with E-state index in [2.05, 4.69) is 12.2 Å². The van der Waals surface area contributed by atoms with Gasteiger partial charge < -0.3 is 5.32 Å². The summed E-state index contributed by atoms with van der Waals surface area (Å²) in [5.74, 6) is 0.539. The monoisotopic (exact) mass is 297 g/mol. The number of unbranched alkanes of at least 4 members (excludes halogenated alkanes) is 6. The minimum absolute atomic E-state index is 0.116. The average Bonchev–Trinajstić information content (AvgIpc) is 2.41. The lowest BCUT2D eigenvalue weighted by atomic mass is 9.95. The van der Waals surface area contributed by atoms with E-state index in [4.69, 9.17) is 0 Å². The molecule has 0 aromatic heterocycles. The van der Waals surface area contributed by atoms with Crippen molar-refractivity contribution in [3.8, 4) is 0 Å². The van der Waals surface area contributed by atoms with Gasteiger partial charge in [0, 0.05) is 24.8 Å². The van der Waals surface area contributed by atoms with Gasteiger partial charge in [0.2, 0.25) is 5.91 Å². The van der Waals surface area contributed by atoms with Gasteiger partial charge in [0.05, 0.1) is 0 Å². The molecule has 0 aromatic carbocycles. The molecule has 0 spiro atoms. The molecule has 0 heterocycles. The van der Waals surface area contributed by atoms with E-state index >= 15 is 0 Å². The second kappa shape index (κ2) is 11.8. The van der Waals surface area contributed by atoms with Crippen LogP contribution < -0.4 is 5.32 Å². The maximum absolute atomic E-state index is 11.6. The fourth-order valence-corrected chi connectivity index (χ4v) is 2.14. The van der Waals surface area contributed by atoms with Crippen molar-refractivity contribution in [2.75, 3.05) is 6.54 Å². The van der Waals surface area contributed by atoms with Crippen LogP contribution in [-0.4, -0.2) is 18.2 Å². The van der Waals surface area contributed by atoms with E-state index in [0.29, 0.717) is 5.78 Å². The highest BCUT2D eigenvalue weighted by atomic mass is 16.2. The fraction of sp³-hybridized carbons (Fsp3) is 0.889. The molecule has 0 bridgehead atoms. The predicted octanol–water partition coefficient (Wildman–Crippen LogP) is 4.64. The van der Waals surface area contributed by atoms with Crippen LogP contribution in [0.25, 0.3) is 0 Å². The zero-order valence-corrected chi connectivity index (χ0v) is 14.6. The summed E-state index contributed by atoms with van der Waals surface area (Å²) in [6.45, 7) is 8.71. The summed E-state index contributed by atoms with van der Waals surface area (Å²) < 4.78 is 0. The lowest BCUT2D eigenvalue weighted by molar-refractivity contribution is -0.128. The highest BCUT2D eigenvalue weighted by Crippen LogP contribution is 2.12. The highest BCUT2D eigenvalue weighted by molar-refractivity contribution is 5.81. The highest BCUT2D eigenvalue weighted by Gasteiger charge is 2.19. The molecule has 0 aliphatic carbocycles. The third-order valence-corrected chi connectivity index (χ3v) is 3.66. The number of hydrogen-bond donors (Lipinski definition) is 1. The van der Waals surface area contributed by atoms with Gasteiger partial charge in [-0.25, -0.2) is 0 Å². The van der Waals surface area contributed by atoms with E-state index in [1.165, 1.54) is 19.3 Å². The first-order valence-corrected chi connectivity index (χ1v) is 8.68. The molecule has 0 saturated carbocycles. The number of ketones is 1. The van der Waals surface area contributed by atoms with Crippen LogP contribution in [0.1, 0.15) is 91.9 Å². The summed E-state index contributed by atoms with van der Waals surface area (Å²) in [5.41, 5.74) is -0.301. The van der Waals surface area contributed by atoms with Gasteiger partial charge in [0.15, 0.2) is 0 Å². The van der Waals surface area contributed by atoms with Crippen LogP contribution in [-0.2, 0) is 9.59 Å². The average molecular weight is 297 g/mol. The van der Waals surface area contributed by atoms with Crippen LogP contribution in [0, 0.1) is 5.41 Å². The Balaban J connectivity index is 3.36. The molecule has 1 amide bonds. The summed E-state index contributed by atoms with van der Waals surface area (Å²) in [5, 5.41) is 2.96. The molecular formula is C18H35NO2. The normalized spacial score (nSPS) is 11.4. The maximum Gasteiger partial charge on any atom is 0.225 e. The van der Waals surface area contributed by atoms with Crippen LogP contribution in [0.2, 0.25) is 0 Å². The Bertz CT molecular complexity index is 292. The molecule has 0 fully saturated rings. The van der Waals surface area contributed by atoms with Crippen LogP contribution in [0.4, 0.5) is 0 Å². The molecule has 0 aromatic rings. The van der Waals surface area contributed by atoms with Gasteiger partial charge in [-0.1, -0.05) is 59.8 Å². The maximum atomic E-state index is 11.6. The number of hydrogen-bond acceptors (Lipinski definition) is 2. The van der Waals surface area contributed by atoms with Gasteiger partial charge in [-0.2, -0.15) is 0 Å². The van der Waals surface area contributed by atoms with Crippen molar-refractivity contribution in [2.45, 2.75) is 91.9 Å². The van der Waals surface area contributed by atoms with Crippen molar-refractivity contribution in [2.24, 2.45) is 5.41 Å². The van der Waals surface area contributed by atoms with Crippen LogP contribution in [0.3, 0.4) is 0 Å². The predicted molar refractivity (Wildman–Crippen MR) is 89.3 cm³/mol. The van der Waals surface area contributed by atoms with E-state index in [1.54, 1.807) is 0 Å². The molecule has 0 atom stereocenters. The van der Waals surface area contributed by atoms with Gasteiger partial charge in [-0.15, -0.1) is 0 Å². The van der Waals surface area contributed by atoms with Crippen molar-refractivity contribution in [1.29, 1.82) is 0 Å². The largest absolute Gasteiger partial charge is 0.356 e. The quantitative estimate of drug-likeness (QED) is 0.533. The van der Waals surface area contributed by atoms with Crippen molar-refractivity contribution in [3.05, 3.63) is 0 Å². The van der Waals surface area contributed by atoms with E-state index < -0.39 is 0 Å². The molecule has 0 saturated heterocycles. The second-order valence-corrected chi connectivity index (χ2v) is 7.02. The number of carbonyl (C=O) groups excluding carboxylic acids is 2. The number of carbonyl (C=O) groups is 2. The van der Waals surface area contributed by atoms with Gasteiger partial charge in [0.25, 0.3) is 0 Å². The summed E-state index contributed by atoms with van der Waals surface area (Å²) in [7, 11) is 0. The van der Waals surface area contributed by atoms with Crippen molar-refractivity contribution >= 4 is 11.7 Å². The smallest absolute Gasteiger partial charge is 0.225 e. The van der Waals surface area contributed by atoms with Crippen LogP contribution in [0.5, 0.6) is 0 Å². The molecule has 124 valence electrons. The molecule has 0 aliphatic heterocycles. The second-order valence-electron chi connectivity index (χ2n) is 7.02. The molecule has 0 aliphatic rings. The summed E-state index contributed by atoms with van der Waals surface area (Å²) in [4.78, 5) is 23.3. The Kier molecular flexibility index (Phi) is 11.3.